The van der Waals surface area contributed by atoms with Crippen molar-refractivity contribution in [2.45, 2.75) is 20.4 Å². The Morgan fingerprint density at radius 3 is 2.84 bits per heavy atom. The number of aromatic amines is 1. The Morgan fingerprint density at radius 2 is 2.12 bits per heavy atom. The van der Waals surface area contributed by atoms with Gasteiger partial charge in [-0.3, -0.25) is 9.36 Å². The summed E-state index contributed by atoms with van der Waals surface area (Å²) in [5, 5.41) is 12.7. The maximum atomic E-state index is 12.2. The van der Waals surface area contributed by atoms with Gasteiger partial charge in [0.25, 0.3) is 5.91 Å². The van der Waals surface area contributed by atoms with Crippen LogP contribution in [0.5, 0.6) is 5.75 Å². The Hall–Kier alpha value is -3.35. The van der Waals surface area contributed by atoms with Gasteiger partial charge in [-0.15, -0.1) is 0 Å². The lowest BCUT2D eigenvalue weighted by Gasteiger charge is -2.09. The lowest BCUT2D eigenvalue weighted by Crippen LogP contribution is -2.24. The number of aromatic nitrogens is 3. The molecule has 0 bridgehead atoms. The summed E-state index contributed by atoms with van der Waals surface area (Å²) < 4.78 is 1.55. The first-order chi connectivity index (χ1) is 12.0. The van der Waals surface area contributed by atoms with Crippen LogP contribution in [0, 0.1) is 13.8 Å². The number of imidazole rings is 1. The first-order valence-corrected chi connectivity index (χ1v) is 7.76. The maximum absolute atomic E-state index is 12.2. The van der Waals surface area contributed by atoms with Crippen LogP contribution in [0.15, 0.2) is 47.5 Å². The normalized spacial score (nSPS) is 10.6. The van der Waals surface area contributed by atoms with Gasteiger partial charge in [-0.2, -0.15) is 0 Å². The van der Waals surface area contributed by atoms with Crippen molar-refractivity contribution < 1.29 is 9.90 Å². The van der Waals surface area contributed by atoms with Crippen LogP contribution in [0.4, 0.5) is 0 Å². The highest BCUT2D eigenvalue weighted by Crippen LogP contribution is 2.19. The van der Waals surface area contributed by atoms with Crippen LogP contribution >= 0.6 is 0 Å². The van der Waals surface area contributed by atoms with E-state index in [0.717, 1.165) is 11.3 Å². The van der Waals surface area contributed by atoms with E-state index in [2.05, 4.69) is 15.3 Å². The van der Waals surface area contributed by atoms with Crippen LogP contribution in [0.1, 0.15) is 27.3 Å². The van der Waals surface area contributed by atoms with E-state index >= 15 is 0 Å². The third-order valence-corrected chi connectivity index (χ3v) is 3.92. The number of benzene rings is 1. The highest BCUT2D eigenvalue weighted by atomic mass is 16.3. The number of carbonyl (C=O) groups excluding carboxylic acids is 1. The summed E-state index contributed by atoms with van der Waals surface area (Å²) in [6.07, 6.45) is 3.12. The van der Waals surface area contributed by atoms with E-state index in [9.17, 15) is 14.7 Å². The van der Waals surface area contributed by atoms with E-state index < -0.39 is 5.91 Å². The Bertz CT molecular complexity index is 988. The fourth-order valence-electron chi connectivity index (χ4n) is 2.56. The summed E-state index contributed by atoms with van der Waals surface area (Å²) in [5.74, 6) is -0.579. The monoisotopic (exact) mass is 338 g/mol. The number of hydrogen-bond acceptors (Lipinski definition) is 4. The molecule has 0 aliphatic rings. The Balaban J connectivity index is 1.78. The first-order valence-electron chi connectivity index (χ1n) is 7.76. The van der Waals surface area contributed by atoms with Gasteiger partial charge in [0.15, 0.2) is 5.69 Å². The lowest BCUT2D eigenvalue weighted by molar-refractivity contribution is 0.0942. The summed E-state index contributed by atoms with van der Waals surface area (Å²) in [6.45, 7) is 3.78. The molecule has 3 N–H and O–H groups in total. The van der Waals surface area contributed by atoms with Crippen molar-refractivity contribution in [2.24, 2.45) is 0 Å². The second-order valence-electron chi connectivity index (χ2n) is 5.75. The SMILES string of the molecule is Cc1ccnc(C(=O)NCc2cccc(-n3c(C)c[nH]c3=O)c2)c1O. The van der Waals surface area contributed by atoms with Crippen molar-refractivity contribution in [3.63, 3.8) is 0 Å². The molecule has 0 saturated heterocycles. The molecule has 1 amide bonds. The number of aryl methyl sites for hydroxylation is 2. The minimum atomic E-state index is -0.457. The first kappa shape index (κ1) is 16.5. The van der Waals surface area contributed by atoms with Crippen molar-refractivity contribution in [3.8, 4) is 11.4 Å². The molecule has 1 aromatic carbocycles. The minimum absolute atomic E-state index is 0.00569. The Labute approximate surface area is 144 Å². The molecular weight excluding hydrogens is 320 g/mol. The van der Waals surface area contributed by atoms with Crippen molar-refractivity contribution in [1.82, 2.24) is 19.9 Å². The number of rotatable bonds is 4. The number of carbonyl (C=O) groups is 1. The van der Waals surface area contributed by atoms with E-state index in [1.54, 1.807) is 23.8 Å². The topological polar surface area (TPSA) is 100 Å². The van der Waals surface area contributed by atoms with Gasteiger partial charge in [-0.1, -0.05) is 12.1 Å². The second-order valence-corrected chi connectivity index (χ2v) is 5.75. The summed E-state index contributed by atoms with van der Waals surface area (Å²) in [5.41, 5.74) is 2.70. The smallest absolute Gasteiger partial charge is 0.330 e. The molecule has 0 saturated carbocycles. The zero-order valence-electron chi connectivity index (χ0n) is 13.9. The van der Waals surface area contributed by atoms with Crippen LogP contribution < -0.4 is 11.0 Å². The van der Waals surface area contributed by atoms with Gasteiger partial charge in [0.05, 0.1) is 5.69 Å². The number of nitrogens with zero attached hydrogens (tertiary/aromatic N) is 2. The summed E-state index contributed by atoms with van der Waals surface area (Å²) in [7, 11) is 0. The quantitative estimate of drug-likeness (QED) is 0.675. The van der Waals surface area contributed by atoms with Gasteiger partial charge >= 0.3 is 5.69 Å². The molecule has 25 heavy (non-hydrogen) atoms. The second kappa shape index (κ2) is 6.64. The van der Waals surface area contributed by atoms with E-state index in [1.165, 1.54) is 6.20 Å². The average Bonchev–Trinajstić information content (AvgIpc) is 2.94. The molecule has 128 valence electrons. The number of hydrogen-bond donors (Lipinski definition) is 3. The van der Waals surface area contributed by atoms with Crippen molar-refractivity contribution in [3.05, 3.63) is 75.7 Å². The average molecular weight is 338 g/mol. The largest absolute Gasteiger partial charge is 0.505 e. The van der Waals surface area contributed by atoms with E-state index in [4.69, 9.17) is 0 Å². The molecule has 3 aromatic rings. The van der Waals surface area contributed by atoms with Crippen LogP contribution in [-0.2, 0) is 6.54 Å². The van der Waals surface area contributed by atoms with Crippen molar-refractivity contribution >= 4 is 5.91 Å². The summed E-state index contributed by atoms with van der Waals surface area (Å²) >= 11 is 0. The van der Waals surface area contributed by atoms with Crippen molar-refractivity contribution in [2.75, 3.05) is 0 Å². The number of amides is 1. The van der Waals surface area contributed by atoms with Crippen LogP contribution in [0.3, 0.4) is 0 Å². The van der Waals surface area contributed by atoms with Gasteiger partial charge in [-0.05, 0) is 43.2 Å². The highest BCUT2D eigenvalue weighted by Gasteiger charge is 2.14. The van der Waals surface area contributed by atoms with E-state index in [1.807, 2.05) is 31.2 Å². The van der Waals surface area contributed by atoms with Gasteiger partial charge in [0.1, 0.15) is 5.75 Å². The Morgan fingerprint density at radius 1 is 1.32 bits per heavy atom. The van der Waals surface area contributed by atoms with Crippen LogP contribution in [-0.4, -0.2) is 25.5 Å². The summed E-state index contributed by atoms with van der Waals surface area (Å²) in [6, 6.07) is 8.94. The van der Waals surface area contributed by atoms with Gasteiger partial charge < -0.3 is 15.4 Å². The van der Waals surface area contributed by atoms with Crippen LogP contribution in [0.25, 0.3) is 5.69 Å². The number of aromatic hydroxyl groups is 1. The number of pyridine rings is 1. The molecule has 7 nitrogen and oxygen atoms in total. The fourth-order valence-corrected chi connectivity index (χ4v) is 2.56. The standard InChI is InChI=1S/C18H18N4O3/c1-11-6-7-19-15(16(11)23)17(24)20-10-13-4-3-5-14(8-13)22-12(2)9-21-18(22)25/h3-9,23H,10H2,1-2H3,(H,20,24)(H,21,25). The number of H-pyrrole nitrogens is 1. The molecule has 0 radical (unpaired) electrons. The molecule has 0 unspecified atom stereocenters. The summed E-state index contributed by atoms with van der Waals surface area (Å²) in [4.78, 5) is 30.7. The molecule has 0 spiro atoms. The van der Waals surface area contributed by atoms with Gasteiger partial charge in [0.2, 0.25) is 0 Å². The molecule has 3 rings (SSSR count). The van der Waals surface area contributed by atoms with Crippen LogP contribution in [0.2, 0.25) is 0 Å². The van der Waals surface area contributed by atoms with E-state index in [0.29, 0.717) is 11.3 Å². The zero-order valence-corrected chi connectivity index (χ0v) is 13.9. The zero-order chi connectivity index (χ0) is 18.0. The fraction of sp³-hybridized carbons (Fsp3) is 0.167. The Kier molecular flexibility index (Phi) is 4.38. The molecule has 0 atom stereocenters. The molecule has 2 aromatic heterocycles. The number of nitrogens with one attached hydrogen (secondary N) is 2. The van der Waals surface area contributed by atoms with Crippen molar-refractivity contribution in [1.29, 1.82) is 0 Å². The maximum Gasteiger partial charge on any atom is 0.330 e. The third-order valence-electron chi connectivity index (χ3n) is 3.92. The predicted molar refractivity (Wildman–Crippen MR) is 92.9 cm³/mol. The minimum Gasteiger partial charge on any atom is -0.505 e. The molecule has 2 heterocycles. The molecule has 0 fully saturated rings. The lowest BCUT2D eigenvalue weighted by atomic mass is 10.2. The molecule has 7 heteroatoms. The highest BCUT2D eigenvalue weighted by molar-refractivity contribution is 5.95. The predicted octanol–water partition coefficient (Wildman–Crippen LogP) is 1.81. The van der Waals surface area contributed by atoms with Gasteiger partial charge in [0, 0.05) is 24.6 Å². The molecule has 0 aliphatic heterocycles. The molecular formula is C18H18N4O3. The molecule has 0 aliphatic carbocycles. The van der Waals surface area contributed by atoms with Gasteiger partial charge in [-0.25, -0.2) is 9.78 Å². The van der Waals surface area contributed by atoms with E-state index in [-0.39, 0.29) is 23.7 Å². The third kappa shape index (κ3) is 3.30.